The van der Waals surface area contributed by atoms with Crippen LogP contribution in [0.3, 0.4) is 0 Å². The normalized spacial score (nSPS) is 17.1. The molecule has 24 heavy (non-hydrogen) atoms. The summed E-state index contributed by atoms with van der Waals surface area (Å²) in [6.45, 7) is 3.14. The monoisotopic (exact) mass is 356 g/mol. The van der Waals surface area contributed by atoms with Crippen molar-refractivity contribution >= 4 is 10.0 Å². The molecule has 2 rings (SSSR count). The lowest BCUT2D eigenvalue weighted by Crippen LogP contribution is -2.38. The zero-order valence-electron chi connectivity index (χ0n) is 14.5. The van der Waals surface area contributed by atoms with Crippen molar-refractivity contribution in [2.45, 2.75) is 24.2 Å². The van der Waals surface area contributed by atoms with Crippen molar-refractivity contribution in [3.63, 3.8) is 0 Å². The predicted molar refractivity (Wildman–Crippen MR) is 93.8 cm³/mol. The van der Waals surface area contributed by atoms with E-state index in [0.29, 0.717) is 42.9 Å². The molecule has 0 atom stereocenters. The largest absolute Gasteiger partial charge is 0.491 e. The van der Waals surface area contributed by atoms with Gasteiger partial charge in [-0.05, 0) is 63.0 Å². The van der Waals surface area contributed by atoms with Crippen LogP contribution in [-0.2, 0) is 14.8 Å². The maximum atomic E-state index is 12.7. The number of nitrogens with zero attached hydrogens (tertiary/aromatic N) is 1. The van der Waals surface area contributed by atoms with Crippen molar-refractivity contribution in [2.24, 2.45) is 5.92 Å². The highest BCUT2D eigenvalue weighted by molar-refractivity contribution is 7.89. The minimum atomic E-state index is -3.41. The van der Waals surface area contributed by atoms with E-state index in [-0.39, 0.29) is 0 Å². The minimum Gasteiger partial charge on any atom is -0.491 e. The lowest BCUT2D eigenvalue weighted by Gasteiger charge is -2.31. The molecule has 1 saturated heterocycles. The van der Waals surface area contributed by atoms with Gasteiger partial charge in [0.2, 0.25) is 10.0 Å². The first-order valence-corrected chi connectivity index (χ1v) is 9.88. The molecule has 0 aliphatic carbocycles. The van der Waals surface area contributed by atoms with Crippen molar-refractivity contribution in [1.29, 1.82) is 0 Å². The van der Waals surface area contributed by atoms with E-state index >= 15 is 0 Å². The van der Waals surface area contributed by atoms with Gasteiger partial charge in [0.25, 0.3) is 0 Å². The summed E-state index contributed by atoms with van der Waals surface area (Å²) < 4.78 is 37.5. The van der Waals surface area contributed by atoms with Crippen LogP contribution in [0.15, 0.2) is 29.2 Å². The summed E-state index contributed by atoms with van der Waals surface area (Å²) in [5, 5.41) is 3.15. The Kier molecular flexibility index (Phi) is 7.48. The smallest absolute Gasteiger partial charge is 0.243 e. The fourth-order valence-electron chi connectivity index (χ4n) is 2.89. The molecule has 0 amide bonds. The van der Waals surface area contributed by atoms with Crippen molar-refractivity contribution in [1.82, 2.24) is 9.62 Å². The lowest BCUT2D eigenvalue weighted by molar-refractivity contribution is 0.146. The number of nitrogens with one attached hydrogen (secondary N) is 1. The van der Waals surface area contributed by atoms with Crippen molar-refractivity contribution < 1.29 is 17.9 Å². The van der Waals surface area contributed by atoms with E-state index in [1.54, 1.807) is 35.7 Å². The summed E-state index contributed by atoms with van der Waals surface area (Å²) in [6.07, 6.45) is 2.97. The molecule has 1 aliphatic heterocycles. The minimum absolute atomic E-state index is 0.329. The molecule has 0 radical (unpaired) electrons. The summed E-state index contributed by atoms with van der Waals surface area (Å²) in [5.41, 5.74) is 0. The summed E-state index contributed by atoms with van der Waals surface area (Å²) >= 11 is 0. The van der Waals surface area contributed by atoms with Crippen molar-refractivity contribution in [2.75, 3.05) is 47.0 Å². The molecule has 1 aromatic rings. The molecule has 1 heterocycles. The van der Waals surface area contributed by atoms with Crippen LogP contribution in [-0.4, -0.2) is 59.7 Å². The number of methoxy groups -OCH3 is 1. The van der Waals surface area contributed by atoms with E-state index in [2.05, 4.69) is 5.32 Å². The molecule has 0 unspecified atom stereocenters. The highest BCUT2D eigenvalue weighted by Gasteiger charge is 2.29. The van der Waals surface area contributed by atoms with Gasteiger partial charge in [-0.2, -0.15) is 4.31 Å². The quantitative estimate of drug-likeness (QED) is 0.683. The fraction of sp³-hybridized carbons (Fsp3) is 0.647. The first-order valence-electron chi connectivity index (χ1n) is 8.44. The number of sulfonamides is 1. The van der Waals surface area contributed by atoms with E-state index < -0.39 is 10.0 Å². The van der Waals surface area contributed by atoms with Gasteiger partial charge in [-0.25, -0.2) is 8.42 Å². The Bertz CT molecular complexity index is 581. The Balaban J connectivity index is 1.93. The number of ether oxygens (including phenoxy) is 2. The standard InChI is InChI=1S/C17H28N2O4S/c1-18-10-7-15-8-11-19(12-9-15)24(20,21)17-5-3-16(4-6-17)23-14-13-22-2/h3-6,15,18H,7-14H2,1-2H3. The van der Waals surface area contributed by atoms with Gasteiger partial charge < -0.3 is 14.8 Å². The molecule has 0 bridgehead atoms. The van der Waals surface area contributed by atoms with Gasteiger partial charge in [-0.1, -0.05) is 0 Å². The van der Waals surface area contributed by atoms with Crippen LogP contribution in [0.5, 0.6) is 5.75 Å². The van der Waals surface area contributed by atoms with Crippen LogP contribution in [0.2, 0.25) is 0 Å². The summed E-state index contributed by atoms with van der Waals surface area (Å²) in [7, 11) is 0.148. The zero-order valence-corrected chi connectivity index (χ0v) is 15.3. The summed E-state index contributed by atoms with van der Waals surface area (Å²) in [6, 6.07) is 6.62. The molecule has 7 heteroatoms. The average molecular weight is 356 g/mol. The highest BCUT2D eigenvalue weighted by Crippen LogP contribution is 2.26. The lowest BCUT2D eigenvalue weighted by atomic mass is 9.95. The molecule has 0 spiro atoms. The van der Waals surface area contributed by atoms with E-state index in [9.17, 15) is 8.42 Å². The average Bonchev–Trinajstić information content (AvgIpc) is 2.61. The molecule has 6 nitrogen and oxygen atoms in total. The molecule has 0 saturated carbocycles. The Hall–Kier alpha value is -1.15. The third-order valence-electron chi connectivity index (χ3n) is 4.39. The maximum absolute atomic E-state index is 12.7. The Morgan fingerprint density at radius 2 is 1.83 bits per heavy atom. The van der Waals surface area contributed by atoms with Crippen LogP contribution in [0.1, 0.15) is 19.3 Å². The molecular weight excluding hydrogens is 328 g/mol. The Labute approximate surface area is 145 Å². The van der Waals surface area contributed by atoms with Crippen LogP contribution in [0.25, 0.3) is 0 Å². The predicted octanol–water partition coefficient (Wildman–Crippen LogP) is 1.72. The SMILES string of the molecule is CNCCC1CCN(S(=O)(=O)c2ccc(OCCOC)cc2)CC1. The van der Waals surface area contributed by atoms with E-state index in [0.717, 1.165) is 25.8 Å². The van der Waals surface area contributed by atoms with Gasteiger partial charge in [0, 0.05) is 20.2 Å². The van der Waals surface area contributed by atoms with Crippen LogP contribution < -0.4 is 10.1 Å². The van der Waals surface area contributed by atoms with E-state index in [4.69, 9.17) is 9.47 Å². The van der Waals surface area contributed by atoms with Gasteiger partial charge >= 0.3 is 0 Å². The summed E-state index contributed by atoms with van der Waals surface area (Å²) in [4.78, 5) is 0.329. The van der Waals surface area contributed by atoms with Gasteiger partial charge in [0.1, 0.15) is 12.4 Å². The molecular formula is C17H28N2O4S. The topological polar surface area (TPSA) is 67.9 Å². The molecule has 1 N–H and O–H groups in total. The Morgan fingerprint density at radius 3 is 2.42 bits per heavy atom. The molecule has 1 aromatic carbocycles. The summed E-state index contributed by atoms with van der Waals surface area (Å²) in [5.74, 6) is 1.26. The highest BCUT2D eigenvalue weighted by atomic mass is 32.2. The third-order valence-corrected chi connectivity index (χ3v) is 6.31. The first-order chi connectivity index (χ1) is 11.6. The Morgan fingerprint density at radius 1 is 1.17 bits per heavy atom. The van der Waals surface area contributed by atoms with Crippen molar-refractivity contribution in [3.8, 4) is 5.75 Å². The second-order valence-electron chi connectivity index (χ2n) is 6.05. The van der Waals surface area contributed by atoms with Gasteiger partial charge in [0.15, 0.2) is 0 Å². The van der Waals surface area contributed by atoms with Gasteiger partial charge in [-0.15, -0.1) is 0 Å². The zero-order chi connectivity index (χ0) is 17.4. The van der Waals surface area contributed by atoms with Crippen LogP contribution >= 0.6 is 0 Å². The molecule has 136 valence electrons. The van der Waals surface area contributed by atoms with Gasteiger partial charge in [-0.3, -0.25) is 0 Å². The van der Waals surface area contributed by atoms with Gasteiger partial charge in [0.05, 0.1) is 11.5 Å². The van der Waals surface area contributed by atoms with Crippen molar-refractivity contribution in [3.05, 3.63) is 24.3 Å². The van der Waals surface area contributed by atoms with Crippen LogP contribution in [0, 0.1) is 5.92 Å². The fourth-order valence-corrected chi connectivity index (χ4v) is 4.36. The van der Waals surface area contributed by atoms with Crippen LogP contribution in [0.4, 0.5) is 0 Å². The number of rotatable bonds is 9. The molecule has 0 aromatic heterocycles. The first kappa shape index (κ1) is 19.2. The number of piperidine rings is 1. The number of hydrogen-bond acceptors (Lipinski definition) is 5. The second-order valence-corrected chi connectivity index (χ2v) is 7.99. The number of benzene rings is 1. The molecule has 1 fully saturated rings. The third kappa shape index (κ3) is 5.17. The second kappa shape index (κ2) is 9.36. The molecule has 1 aliphatic rings. The maximum Gasteiger partial charge on any atom is 0.243 e. The number of hydrogen-bond donors (Lipinski definition) is 1. The van der Waals surface area contributed by atoms with E-state index in [1.165, 1.54) is 0 Å². The van der Waals surface area contributed by atoms with E-state index in [1.807, 2.05) is 7.05 Å².